The van der Waals surface area contributed by atoms with Gasteiger partial charge in [0.1, 0.15) is 11.4 Å². The van der Waals surface area contributed by atoms with Gasteiger partial charge in [0, 0.05) is 24.3 Å². The number of nitrogens with one attached hydrogen (secondary N) is 2. The molecule has 1 fully saturated rings. The van der Waals surface area contributed by atoms with Gasteiger partial charge in [-0.15, -0.1) is 0 Å². The highest BCUT2D eigenvalue weighted by Crippen LogP contribution is 2.54. The number of rotatable bonds is 7. The highest BCUT2D eigenvalue weighted by molar-refractivity contribution is 7.47. The van der Waals surface area contributed by atoms with Gasteiger partial charge >= 0.3 is 0 Å². The van der Waals surface area contributed by atoms with Gasteiger partial charge in [-0.05, 0) is 53.9 Å². The Morgan fingerprint density at radius 2 is 1.54 bits per heavy atom. The molecule has 3 rings (SSSR count). The molecule has 2 N–H and O–H groups in total. The molecule has 1 heterocycles. The number of benzene rings is 1. The Kier molecular flexibility index (Phi) is 5.92. The van der Waals surface area contributed by atoms with Crippen molar-refractivity contribution in [1.82, 2.24) is 9.34 Å². The minimum Gasteiger partial charge on any atom is -0.377 e. The van der Waals surface area contributed by atoms with Gasteiger partial charge < -0.3 is 15.2 Å². The molecule has 1 saturated heterocycles. The first-order chi connectivity index (χ1) is 13.1. The SMILES string of the molecule is C[C@@H]1[C@@H](C)N(C)P(OC(C)(C)CNc2c(Nc3ccccc3)c(=O)c2=O)N1C. The van der Waals surface area contributed by atoms with E-state index in [-0.39, 0.29) is 0 Å². The second-order valence-electron chi connectivity index (χ2n) is 7.99. The van der Waals surface area contributed by atoms with Crippen molar-refractivity contribution in [3.05, 3.63) is 50.8 Å². The van der Waals surface area contributed by atoms with E-state index < -0.39 is 24.9 Å². The van der Waals surface area contributed by atoms with Crippen LogP contribution in [-0.4, -0.2) is 47.7 Å². The molecule has 0 amide bonds. The highest BCUT2D eigenvalue weighted by atomic mass is 31.2. The van der Waals surface area contributed by atoms with Gasteiger partial charge in [0.05, 0.1) is 5.60 Å². The van der Waals surface area contributed by atoms with Crippen LogP contribution in [0.3, 0.4) is 0 Å². The highest BCUT2D eigenvalue weighted by Gasteiger charge is 2.42. The van der Waals surface area contributed by atoms with Crippen LogP contribution in [-0.2, 0) is 4.52 Å². The number of para-hydroxylation sites is 1. The molecule has 0 unspecified atom stereocenters. The number of hydrogen-bond acceptors (Lipinski definition) is 7. The second-order valence-corrected chi connectivity index (χ2v) is 9.94. The third kappa shape index (κ3) is 3.98. The molecule has 2 aromatic carbocycles. The van der Waals surface area contributed by atoms with Crippen molar-refractivity contribution in [2.75, 3.05) is 31.3 Å². The van der Waals surface area contributed by atoms with E-state index in [1.165, 1.54) is 0 Å². The summed E-state index contributed by atoms with van der Waals surface area (Å²) >= 11 is 0. The maximum absolute atomic E-state index is 12.1. The van der Waals surface area contributed by atoms with E-state index in [2.05, 4.69) is 47.9 Å². The number of anilines is 3. The van der Waals surface area contributed by atoms with Crippen LogP contribution in [0.1, 0.15) is 27.7 Å². The van der Waals surface area contributed by atoms with Crippen LogP contribution in [0.25, 0.3) is 0 Å². The third-order valence-corrected chi connectivity index (χ3v) is 7.86. The maximum atomic E-state index is 12.1. The summed E-state index contributed by atoms with van der Waals surface area (Å²) in [6, 6.07) is 10.2. The Balaban J connectivity index is 1.66. The van der Waals surface area contributed by atoms with Crippen LogP contribution in [0.15, 0.2) is 39.9 Å². The van der Waals surface area contributed by atoms with E-state index in [1.807, 2.05) is 44.2 Å². The van der Waals surface area contributed by atoms with Crippen LogP contribution in [0.2, 0.25) is 0 Å². The Morgan fingerprint density at radius 1 is 1.00 bits per heavy atom. The van der Waals surface area contributed by atoms with Crippen molar-refractivity contribution in [3.8, 4) is 0 Å². The fourth-order valence-electron chi connectivity index (χ4n) is 3.19. The van der Waals surface area contributed by atoms with Gasteiger partial charge in [0.15, 0.2) is 8.45 Å². The molecular formula is C20H29N4O3P. The van der Waals surface area contributed by atoms with E-state index in [9.17, 15) is 9.59 Å². The van der Waals surface area contributed by atoms with Crippen LogP contribution in [0.5, 0.6) is 0 Å². The topological polar surface area (TPSA) is 73.9 Å². The Labute approximate surface area is 167 Å². The quantitative estimate of drug-likeness (QED) is 0.543. The van der Waals surface area contributed by atoms with Crippen LogP contribution < -0.4 is 21.5 Å². The van der Waals surface area contributed by atoms with Crippen molar-refractivity contribution < 1.29 is 4.52 Å². The molecule has 2 aromatic rings. The van der Waals surface area contributed by atoms with Crippen molar-refractivity contribution in [2.24, 2.45) is 0 Å². The van der Waals surface area contributed by atoms with Gasteiger partial charge in [0.25, 0.3) is 10.9 Å². The van der Waals surface area contributed by atoms with Crippen molar-refractivity contribution in [3.63, 3.8) is 0 Å². The molecule has 0 spiro atoms. The molecule has 1 aliphatic heterocycles. The van der Waals surface area contributed by atoms with Crippen LogP contribution in [0.4, 0.5) is 17.1 Å². The second kappa shape index (κ2) is 7.91. The first kappa shape index (κ1) is 20.9. The molecule has 28 heavy (non-hydrogen) atoms. The lowest BCUT2D eigenvalue weighted by Crippen LogP contribution is -2.41. The minimum atomic E-state index is -0.879. The maximum Gasteiger partial charge on any atom is 0.253 e. The molecule has 1 aliphatic rings. The molecule has 2 atom stereocenters. The summed E-state index contributed by atoms with van der Waals surface area (Å²) in [5.41, 5.74) is -0.0800. The first-order valence-electron chi connectivity index (χ1n) is 9.46. The molecule has 0 saturated carbocycles. The Bertz CT molecular complexity index is 881. The van der Waals surface area contributed by atoms with E-state index in [4.69, 9.17) is 4.52 Å². The van der Waals surface area contributed by atoms with E-state index in [0.29, 0.717) is 30.0 Å². The number of hydrogen-bond donors (Lipinski definition) is 2. The molecule has 0 bridgehead atoms. The van der Waals surface area contributed by atoms with Crippen LogP contribution in [0, 0.1) is 0 Å². The summed E-state index contributed by atoms with van der Waals surface area (Å²) in [7, 11) is 3.28. The fraction of sp³-hybridized carbons (Fsp3) is 0.500. The van der Waals surface area contributed by atoms with Crippen molar-refractivity contribution >= 4 is 25.5 Å². The summed E-state index contributed by atoms with van der Waals surface area (Å²) < 4.78 is 10.9. The van der Waals surface area contributed by atoms with E-state index >= 15 is 0 Å². The zero-order valence-corrected chi connectivity index (χ0v) is 18.2. The molecular weight excluding hydrogens is 375 g/mol. The van der Waals surface area contributed by atoms with E-state index in [0.717, 1.165) is 5.69 Å². The fourth-order valence-corrected chi connectivity index (χ4v) is 5.41. The van der Waals surface area contributed by atoms with Crippen LogP contribution >= 0.6 is 8.45 Å². The predicted molar refractivity (Wildman–Crippen MR) is 116 cm³/mol. The summed E-state index contributed by atoms with van der Waals surface area (Å²) in [4.78, 5) is 24.0. The first-order valence-corrected chi connectivity index (χ1v) is 10.6. The third-order valence-electron chi connectivity index (χ3n) is 5.39. The molecule has 0 aromatic heterocycles. The average molecular weight is 404 g/mol. The standard InChI is InChI=1S/C20H29N4O3P/c1-13-14(2)24(6)28(23(13)5)27-20(3,4)12-21-16-17(19(26)18(16)25)22-15-10-8-7-9-11-15/h7-11,13-14,21-22H,12H2,1-6H3/t13-,14-/m1/s1. The van der Waals surface area contributed by atoms with Gasteiger partial charge in [-0.1, -0.05) is 18.2 Å². The molecule has 0 radical (unpaired) electrons. The summed E-state index contributed by atoms with van der Waals surface area (Å²) in [6.45, 7) is 8.80. The summed E-state index contributed by atoms with van der Waals surface area (Å²) in [5.74, 6) is 0. The van der Waals surface area contributed by atoms with Crippen molar-refractivity contribution in [2.45, 2.75) is 45.4 Å². The Morgan fingerprint density at radius 3 is 2.11 bits per heavy atom. The Hall–Kier alpha value is -1.79. The smallest absolute Gasteiger partial charge is 0.253 e. The normalized spacial score (nSPS) is 22.1. The molecule has 7 nitrogen and oxygen atoms in total. The average Bonchev–Trinajstić information content (AvgIpc) is 2.85. The van der Waals surface area contributed by atoms with Gasteiger partial charge in [-0.2, -0.15) is 0 Å². The monoisotopic (exact) mass is 404 g/mol. The zero-order valence-electron chi connectivity index (χ0n) is 17.3. The lowest BCUT2D eigenvalue weighted by molar-refractivity contribution is 0.124. The molecule has 152 valence electrons. The lowest BCUT2D eigenvalue weighted by atomic mass is 10.1. The van der Waals surface area contributed by atoms with Gasteiger partial charge in [0.2, 0.25) is 0 Å². The molecule has 0 aliphatic carbocycles. The predicted octanol–water partition coefficient (Wildman–Crippen LogP) is 3.11. The molecule has 8 heteroatoms. The largest absolute Gasteiger partial charge is 0.377 e. The van der Waals surface area contributed by atoms with Crippen molar-refractivity contribution in [1.29, 1.82) is 0 Å². The number of nitrogens with zero attached hydrogens (tertiary/aromatic N) is 2. The van der Waals surface area contributed by atoms with Gasteiger partial charge in [-0.25, -0.2) is 9.34 Å². The summed E-state index contributed by atoms with van der Waals surface area (Å²) in [5, 5.41) is 6.17. The summed E-state index contributed by atoms with van der Waals surface area (Å²) in [6.07, 6.45) is 0. The lowest BCUT2D eigenvalue weighted by Gasteiger charge is -2.34. The van der Waals surface area contributed by atoms with Gasteiger partial charge in [-0.3, -0.25) is 9.59 Å². The number of likely N-dealkylation sites (N-methyl/N-ethyl adjacent to an activating group) is 2. The van der Waals surface area contributed by atoms with E-state index in [1.54, 1.807) is 0 Å². The zero-order chi connectivity index (χ0) is 20.6. The minimum absolute atomic E-state index is 0.315.